The number of anilines is 1. The lowest BCUT2D eigenvalue weighted by Gasteiger charge is -2.31. The Labute approximate surface area is 142 Å². The fourth-order valence-corrected chi connectivity index (χ4v) is 3.00. The zero-order valence-corrected chi connectivity index (χ0v) is 14.3. The molecule has 1 N–H and O–H groups in total. The van der Waals surface area contributed by atoms with Gasteiger partial charge in [0.1, 0.15) is 6.10 Å². The molecule has 0 aromatic heterocycles. The van der Waals surface area contributed by atoms with Crippen LogP contribution in [0.15, 0.2) is 42.5 Å². The lowest BCUT2D eigenvalue weighted by molar-refractivity contribution is -0.128. The molecule has 24 heavy (non-hydrogen) atoms. The molecule has 0 aliphatic carbocycles. The van der Waals surface area contributed by atoms with Gasteiger partial charge in [-0.15, -0.1) is 0 Å². The van der Waals surface area contributed by atoms with Crippen LogP contribution in [0.25, 0.3) is 0 Å². The van der Waals surface area contributed by atoms with E-state index in [1.165, 1.54) is 0 Å². The van der Waals surface area contributed by atoms with Gasteiger partial charge in [-0.3, -0.25) is 4.79 Å². The van der Waals surface area contributed by atoms with Crippen molar-refractivity contribution in [3.63, 3.8) is 0 Å². The van der Waals surface area contributed by atoms with E-state index in [9.17, 15) is 4.79 Å². The van der Waals surface area contributed by atoms with Crippen LogP contribution in [0, 0.1) is 0 Å². The highest BCUT2D eigenvalue weighted by Crippen LogP contribution is 2.34. The first-order chi connectivity index (χ1) is 11.6. The predicted octanol–water partition coefficient (Wildman–Crippen LogP) is 3.98. The molecule has 0 unspecified atom stereocenters. The van der Waals surface area contributed by atoms with Crippen molar-refractivity contribution in [2.45, 2.75) is 45.8 Å². The van der Waals surface area contributed by atoms with Crippen LogP contribution >= 0.6 is 0 Å². The first-order valence-electron chi connectivity index (χ1n) is 8.48. The molecule has 0 saturated heterocycles. The number of fused-ring (bicyclic) bond motifs is 1. The minimum absolute atomic E-state index is 0.174. The third kappa shape index (κ3) is 3.09. The molecule has 2 atom stereocenters. The van der Waals surface area contributed by atoms with Gasteiger partial charge in [0, 0.05) is 5.69 Å². The lowest BCUT2D eigenvalue weighted by Crippen LogP contribution is -2.46. The molecule has 2 aromatic carbocycles. The molecule has 0 bridgehead atoms. The number of amides is 1. The quantitative estimate of drug-likeness (QED) is 0.925. The number of ether oxygens (including phenoxy) is 2. The number of benzene rings is 2. The van der Waals surface area contributed by atoms with Crippen LogP contribution in [0.4, 0.5) is 5.69 Å². The van der Waals surface area contributed by atoms with Gasteiger partial charge in [-0.2, -0.15) is 0 Å². The maximum absolute atomic E-state index is 12.8. The van der Waals surface area contributed by atoms with Gasteiger partial charge >= 0.3 is 0 Å². The van der Waals surface area contributed by atoms with Crippen LogP contribution in [0.5, 0.6) is 11.5 Å². The van der Waals surface area contributed by atoms with E-state index in [4.69, 9.17) is 9.47 Å². The summed E-state index contributed by atoms with van der Waals surface area (Å²) >= 11 is 0. The normalized spacial score (nSPS) is 19.0. The number of hydrogen-bond donors (Lipinski definition) is 1. The summed E-state index contributed by atoms with van der Waals surface area (Å²) in [6.07, 6.45) is 0.710. The maximum Gasteiger partial charge on any atom is 0.269 e. The first-order valence-corrected chi connectivity index (χ1v) is 8.48. The van der Waals surface area contributed by atoms with E-state index in [-0.39, 0.29) is 12.0 Å². The molecule has 1 heterocycles. The summed E-state index contributed by atoms with van der Waals surface area (Å²) in [5.74, 6) is 1.11. The maximum atomic E-state index is 12.8. The average Bonchev–Trinajstić information content (AvgIpc) is 2.61. The second kappa shape index (κ2) is 6.95. The van der Waals surface area contributed by atoms with E-state index >= 15 is 0 Å². The van der Waals surface area contributed by atoms with Crippen molar-refractivity contribution in [3.8, 4) is 11.5 Å². The van der Waals surface area contributed by atoms with Gasteiger partial charge in [0.2, 0.25) is 6.10 Å². The molecule has 0 fully saturated rings. The van der Waals surface area contributed by atoms with Crippen molar-refractivity contribution in [2.24, 2.45) is 0 Å². The molecule has 1 aliphatic heterocycles. The largest absolute Gasteiger partial charge is 0.482 e. The molecular weight excluding hydrogens is 302 g/mol. The second-order valence-electron chi connectivity index (χ2n) is 5.96. The van der Waals surface area contributed by atoms with Crippen LogP contribution in [-0.2, 0) is 17.6 Å². The van der Waals surface area contributed by atoms with E-state index < -0.39 is 6.10 Å². The van der Waals surface area contributed by atoms with Crippen LogP contribution in [-0.4, -0.2) is 18.1 Å². The lowest BCUT2D eigenvalue weighted by atomic mass is 10.0. The van der Waals surface area contributed by atoms with Crippen molar-refractivity contribution in [3.05, 3.63) is 53.6 Å². The Hall–Kier alpha value is -2.49. The highest BCUT2D eigenvalue weighted by molar-refractivity contribution is 5.96. The number of nitrogens with one attached hydrogen (secondary N) is 1. The van der Waals surface area contributed by atoms with E-state index in [0.717, 1.165) is 29.7 Å². The van der Waals surface area contributed by atoms with Crippen molar-refractivity contribution in [2.75, 3.05) is 5.32 Å². The summed E-state index contributed by atoms with van der Waals surface area (Å²) in [5.41, 5.74) is 3.17. The zero-order chi connectivity index (χ0) is 17.1. The molecule has 1 aliphatic rings. The summed E-state index contributed by atoms with van der Waals surface area (Å²) in [6, 6.07) is 13.6. The number of hydrogen-bond acceptors (Lipinski definition) is 3. The Kier molecular flexibility index (Phi) is 4.74. The number of carbonyl (C=O) groups is 1. The van der Waals surface area contributed by atoms with Gasteiger partial charge < -0.3 is 14.8 Å². The SMILES string of the molecule is CCc1cccc(CC)c1NC(=O)[C@@H]1Oc2ccccc2O[C@H]1C. The van der Waals surface area contributed by atoms with Gasteiger partial charge in [0.25, 0.3) is 5.91 Å². The summed E-state index contributed by atoms with van der Waals surface area (Å²) in [6.45, 7) is 6.03. The fourth-order valence-electron chi connectivity index (χ4n) is 3.00. The molecule has 4 nitrogen and oxygen atoms in total. The fraction of sp³-hybridized carbons (Fsp3) is 0.350. The van der Waals surface area contributed by atoms with Gasteiger partial charge in [-0.25, -0.2) is 0 Å². The van der Waals surface area contributed by atoms with E-state index in [0.29, 0.717) is 11.5 Å². The topological polar surface area (TPSA) is 47.6 Å². The Morgan fingerprint density at radius 1 is 0.958 bits per heavy atom. The number of aryl methyl sites for hydroxylation is 2. The second-order valence-corrected chi connectivity index (χ2v) is 5.96. The molecule has 0 spiro atoms. The number of carbonyl (C=O) groups excluding carboxylic acids is 1. The minimum atomic E-state index is -0.672. The summed E-state index contributed by atoms with van der Waals surface area (Å²) in [5, 5.41) is 3.07. The van der Waals surface area contributed by atoms with Crippen LogP contribution < -0.4 is 14.8 Å². The molecular formula is C20H23NO3. The highest BCUT2D eigenvalue weighted by atomic mass is 16.6. The van der Waals surface area contributed by atoms with E-state index in [1.54, 1.807) is 0 Å². The highest BCUT2D eigenvalue weighted by Gasteiger charge is 2.34. The van der Waals surface area contributed by atoms with Crippen molar-refractivity contribution < 1.29 is 14.3 Å². The van der Waals surface area contributed by atoms with Gasteiger partial charge in [-0.05, 0) is 43.0 Å². The Morgan fingerprint density at radius 2 is 1.54 bits per heavy atom. The molecule has 4 heteroatoms. The summed E-state index contributed by atoms with van der Waals surface area (Å²) in [7, 11) is 0. The first kappa shape index (κ1) is 16.4. The van der Waals surface area contributed by atoms with Crippen molar-refractivity contribution >= 4 is 11.6 Å². The van der Waals surface area contributed by atoms with Gasteiger partial charge in [0.15, 0.2) is 11.5 Å². The summed E-state index contributed by atoms with van der Waals surface area (Å²) < 4.78 is 11.7. The third-order valence-electron chi connectivity index (χ3n) is 4.35. The monoisotopic (exact) mass is 325 g/mol. The smallest absolute Gasteiger partial charge is 0.269 e. The Morgan fingerprint density at radius 3 is 2.12 bits per heavy atom. The molecule has 0 radical (unpaired) electrons. The Bertz CT molecular complexity index is 719. The number of para-hydroxylation sites is 3. The standard InChI is InChI=1S/C20H23NO3/c1-4-14-9-8-10-15(5-2)18(14)21-20(22)19-13(3)23-16-11-6-7-12-17(16)24-19/h6-13,19H,4-5H2,1-3H3,(H,21,22)/t13-,19+/m0/s1. The number of rotatable bonds is 4. The van der Waals surface area contributed by atoms with E-state index in [1.807, 2.05) is 49.4 Å². The Balaban J connectivity index is 1.84. The minimum Gasteiger partial charge on any atom is -0.482 e. The molecule has 126 valence electrons. The van der Waals surface area contributed by atoms with Gasteiger partial charge in [-0.1, -0.05) is 44.2 Å². The average molecular weight is 325 g/mol. The predicted molar refractivity (Wildman–Crippen MR) is 94.8 cm³/mol. The third-order valence-corrected chi connectivity index (χ3v) is 4.35. The summed E-state index contributed by atoms with van der Waals surface area (Å²) in [4.78, 5) is 12.8. The zero-order valence-electron chi connectivity index (χ0n) is 14.3. The van der Waals surface area contributed by atoms with Crippen LogP contribution in [0.1, 0.15) is 31.9 Å². The molecule has 3 rings (SSSR count). The van der Waals surface area contributed by atoms with E-state index in [2.05, 4.69) is 19.2 Å². The van der Waals surface area contributed by atoms with Crippen molar-refractivity contribution in [1.82, 2.24) is 0 Å². The molecule has 1 amide bonds. The van der Waals surface area contributed by atoms with Crippen molar-refractivity contribution in [1.29, 1.82) is 0 Å². The van der Waals surface area contributed by atoms with Crippen LogP contribution in [0.3, 0.4) is 0 Å². The molecule has 0 saturated carbocycles. The van der Waals surface area contributed by atoms with Gasteiger partial charge in [0.05, 0.1) is 0 Å². The van der Waals surface area contributed by atoms with Crippen LogP contribution in [0.2, 0.25) is 0 Å². The molecule has 2 aromatic rings.